The van der Waals surface area contributed by atoms with Gasteiger partial charge in [0, 0.05) is 11.8 Å². The first kappa shape index (κ1) is 10.3. The molecule has 0 fully saturated rings. The maximum atomic E-state index is 5.79. The van der Waals surface area contributed by atoms with Crippen molar-refractivity contribution in [3.8, 4) is 5.88 Å². The molecular weight excluding hydrogens is 202 g/mol. The van der Waals surface area contributed by atoms with E-state index in [0.29, 0.717) is 11.7 Å². The zero-order chi connectivity index (χ0) is 11.4. The van der Waals surface area contributed by atoms with E-state index in [9.17, 15) is 0 Å². The third-order valence-electron chi connectivity index (χ3n) is 2.16. The summed E-state index contributed by atoms with van der Waals surface area (Å²) in [6, 6.07) is 13.4. The molecule has 1 heterocycles. The highest BCUT2D eigenvalue weighted by atomic mass is 16.5. The van der Waals surface area contributed by atoms with Crippen LogP contribution in [0.2, 0.25) is 0 Å². The number of nitrogens with zero attached hydrogens (tertiary/aromatic N) is 1. The predicted octanol–water partition coefficient (Wildman–Crippen LogP) is 2.42. The molecule has 16 heavy (non-hydrogen) atoms. The van der Waals surface area contributed by atoms with E-state index in [1.807, 2.05) is 36.4 Å². The topological polar surface area (TPSA) is 60.2 Å². The van der Waals surface area contributed by atoms with Crippen molar-refractivity contribution in [1.29, 1.82) is 0 Å². The predicted molar refractivity (Wildman–Crippen MR) is 64.9 cm³/mol. The molecule has 4 heteroatoms. The lowest BCUT2D eigenvalue weighted by atomic mass is 10.3. The number of nitrogens with two attached hydrogens (primary N) is 1. The number of aromatic nitrogens is 1. The van der Waals surface area contributed by atoms with Gasteiger partial charge in [0.05, 0.1) is 12.8 Å². The summed E-state index contributed by atoms with van der Waals surface area (Å²) in [5, 5.41) is 3.18. The minimum atomic E-state index is 0.420. The summed E-state index contributed by atoms with van der Waals surface area (Å²) in [7, 11) is 1.56. The third kappa shape index (κ3) is 2.23. The SMILES string of the molecule is COc1ccc(Nc2ccccc2)c(N)n1. The maximum Gasteiger partial charge on any atom is 0.215 e. The number of para-hydroxylation sites is 1. The van der Waals surface area contributed by atoms with Gasteiger partial charge in [0.1, 0.15) is 0 Å². The van der Waals surface area contributed by atoms with Crippen molar-refractivity contribution in [2.75, 3.05) is 18.2 Å². The molecule has 0 aliphatic heterocycles. The highest BCUT2D eigenvalue weighted by Gasteiger charge is 2.02. The van der Waals surface area contributed by atoms with Gasteiger partial charge in [0.25, 0.3) is 0 Å². The van der Waals surface area contributed by atoms with Crippen LogP contribution in [0.25, 0.3) is 0 Å². The first-order valence-electron chi connectivity index (χ1n) is 4.92. The van der Waals surface area contributed by atoms with Crippen molar-refractivity contribution in [2.24, 2.45) is 0 Å². The molecule has 0 spiro atoms. The molecule has 0 saturated heterocycles. The second kappa shape index (κ2) is 4.53. The summed E-state index contributed by atoms with van der Waals surface area (Å²) in [4.78, 5) is 4.08. The van der Waals surface area contributed by atoms with Crippen LogP contribution in [0.4, 0.5) is 17.2 Å². The van der Waals surface area contributed by atoms with Crippen LogP contribution in [0.15, 0.2) is 42.5 Å². The summed E-state index contributed by atoms with van der Waals surface area (Å²) in [5.74, 6) is 0.930. The van der Waals surface area contributed by atoms with Gasteiger partial charge in [-0.05, 0) is 18.2 Å². The summed E-state index contributed by atoms with van der Waals surface area (Å²) in [6.45, 7) is 0. The Hall–Kier alpha value is -2.23. The molecule has 4 nitrogen and oxygen atoms in total. The van der Waals surface area contributed by atoms with Crippen molar-refractivity contribution in [1.82, 2.24) is 4.98 Å². The third-order valence-corrected chi connectivity index (χ3v) is 2.16. The lowest BCUT2D eigenvalue weighted by Crippen LogP contribution is -2.00. The van der Waals surface area contributed by atoms with Crippen LogP contribution in [0.3, 0.4) is 0 Å². The van der Waals surface area contributed by atoms with E-state index < -0.39 is 0 Å². The van der Waals surface area contributed by atoms with Crippen LogP contribution in [-0.4, -0.2) is 12.1 Å². The van der Waals surface area contributed by atoms with E-state index in [4.69, 9.17) is 10.5 Å². The average Bonchev–Trinajstić information content (AvgIpc) is 2.33. The van der Waals surface area contributed by atoms with Gasteiger partial charge in [0.2, 0.25) is 5.88 Å². The summed E-state index contributed by atoms with van der Waals surface area (Å²) >= 11 is 0. The largest absolute Gasteiger partial charge is 0.481 e. The molecule has 0 saturated carbocycles. The molecule has 1 aromatic carbocycles. The maximum absolute atomic E-state index is 5.79. The highest BCUT2D eigenvalue weighted by Crippen LogP contribution is 2.23. The van der Waals surface area contributed by atoms with Crippen LogP contribution in [0.5, 0.6) is 5.88 Å². The first-order chi connectivity index (χ1) is 7.79. The van der Waals surface area contributed by atoms with Gasteiger partial charge in [0.15, 0.2) is 5.82 Å². The van der Waals surface area contributed by atoms with Crippen molar-refractivity contribution in [3.63, 3.8) is 0 Å². The van der Waals surface area contributed by atoms with Gasteiger partial charge in [-0.3, -0.25) is 0 Å². The fraction of sp³-hybridized carbons (Fsp3) is 0.0833. The zero-order valence-corrected chi connectivity index (χ0v) is 8.97. The number of nitrogen functional groups attached to an aromatic ring is 1. The number of ether oxygens (including phenoxy) is 1. The highest BCUT2D eigenvalue weighted by molar-refractivity contribution is 5.69. The quantitative estimate of drug-likeness (QED) is 0.825. The molecule has 2 aromatic rings. The molecular formula is C12H13N3O. The minimum Gasteiger partial charge on any atom is -0.481 e. The van der Waals surface area contributed by atoms with Crippen LogP contribution in [-0.2, 0) is 0 Å². The number of benzene rings is 1. The molecule has 0 aliphatic rings. The van der Waals surface area contributed by atoms with Crippen LogP contribution >= 0.6 is 0 Å². The van der Waals surface area contributed by atoms with Gasteiger partial charge in [-0.25, -0.2) is 0 Å². The Bertz CT molecular complexity index is 471. The number of hydrogen-bond donors (Lipinski definition) is 2. The number of methoxy groups -OCH3 is 1. The molecule has 0 unspecified atom stereocenters. The minimum absolute atomic E-state index is 0.420. The summed E-state index contributed by atoms with van der Waals surface area (Å²) in [5.41, 5.74) is 7.53. The summed E-state index contributed by atoms with van der Waals surface area (Å²) in [6.07, 6.45) is 0. The molecule has 0 atom stereocenters. The fourth-order valence-corrected chi connectivity index (χ4v) is 1.35. The standard InChI is InChI=1S/C12H13N3O/c1-16-11-8-7-10(12(13)15-11)14-9-5-3-2-4-6-9/h2-8,14H,1H3,(H2,13,15). The molecule has 0 bridgehead atoms. The molecule has 0 amide bonds. The Morgan fingerprint density at radius 1 is 1.12 bits per heavy atom. The molecule has 2 rings (SSSR count). The monoisotopic (exact) mass is 215 g/mol. The van der Waals surface area contributed by atoms with Gasteiger partial charge in [-0.2, -0.15) is 4.98 Å². The smallest absolute Gasteiger partial charge is 0.215 e. The van der Waals surface area contributed by atoms with E-state index in [0.717, 1.165) is 11.4 Å². The number of rotatable bonds is 3. The fourth-order valence-electron chi connectivity index (χ4n) is 1.35. The van der Waals surface area contributed by atoms with E-state index in [1.165, 1.54) is 0 Å². The Morgan fingerprint density at radius 3 is 2.50 bits per heavy atom. The zero-order valence-electron chi connectivity index (χ0n) is 8.97. The van der Waals surface area contributed by atoms with Crippen LogP contribution in [0, 0.1) is 0 Å². The second-order valence-electron chi connectivity index (χ2n) is 3.28. The Morgan fingerprint density at radius 2 is 1.88 bits per heavy atom. The lowest BCUT2D eigenvalue weighted by Gasteiger charge is -2.09. The number of nitrogens with one attached hydrogen (secondary N) is 1. The molecule has 82 valence electrons. The summed E-state index contributed by atoms with van der Waals surface area (Å²) < 4.78 is 4.98. The van der Waals surface area contributed by atoms with Crippen molar-refractivity contribution in [3.05, 3.63) is 42.5 Å². The van der Waals surface area contributed by atoms with Crippen LogP contribution in [0.1, 0.15) is 0 Å². The van der Waals surface area contributed by atoms with Crippen LogP contribution < -0.4 is 15.8 Å². The van der Waals surface area contributed by atoms with Gasteiger partial charge in [-0.15, -0.1) is 0 Å². The van der Waals surface area contributed by atoms with Gasteiger partial charge < -0.3 is 15.8 Å². The normalized spacial score (nSPS) is 9.81. The molecule has 1 aromatic heterocycles. The Balaban J connectivity index is 2.22. The van der Waals surface area contributed by atoms with Crippen molar-refractivity contribution in [2.45, 2.75) is 0 Å². The molecule has 3 N–H and O–H groups in total. The Kier molecular flexibility index (Phi) is 2.91. The van der Waals surface area contributed by atoms with Gasteiger partial charge in [-0.1, -0.05) is 18.2 Å². The second-order valence-corrected chi connectivity index (χ2v) is 3.28. The van der Waals surface area contributed by atoms with E-state index in [1.54, 1.807) is 13.2 Å². The Labute approximate surface area is 94.1 Å². The van der Waals surface area contributed by atoms with Crippen molar-refractivity contribution >= 4 is 17.2 Å². The number of anilines is 3. The number of pyridine rings is 1. The van der Waals surface area contributed by atoms with Gasteiger partial charge >= 0.3 is 0 Å². The average molecular weight is 215 g/mol. The van der Waals surface area contributed by atoms with E-state index >= 15 is 0 Å². The number of hydrogen-bond acceptors (Lipinski definition) is 4. The molecule has 0 aliphatic carbocycles. The van der Waals surface area contributed by atoms with Crippen molar-refractivity contribution < 1.29 is 4.74 Å². The molecule has 0 radical (unpaired) electrons. The van der Waals surface area contributed by atoms with E-state index in [-0.39, 0.29) is 0 Å². The first-order valence-corrected chi connectivity index (χ1v) is 4.92. The lowest BCUT2D eigenvalue weighted by molar-refractivity contribution is 0.399. The van der Waals surface area contributed by atoms with E-state index in [2.05, 4.69) is 10.3 Å².